The summed E-state index contributed by atoms with van der Waals surface area (Å²) in [5.41, 5.74) is 5.19. The van der Waals surface area contributed by atoms with Gasteiger partial charge < -0.3 is 10.0 Å². The quantitative estimate of drug-likeness (QED) is 0.791. The Morgan fingerprint density at radius 2 is 1.88 bits per heavy atom. The number of hydrogen-bond acceptors (Lipinski definition) is 3. The molecule has 0 aliphatic carbocycles. The molecule has 1 N–H and O–H groups in total. The van der Waals surface area contributed by atoms with Gasteiger partial charge in [-0.2, -0.15) is 0 Å². The Bertz CT molecular complexity index is 962. The van der Waals surface area contributed by atoms with Gasteiger partial charge in [0.15, 0.2) is 0 Å². The maximum absolute atomic E-state index is 12.1. The third-order valence-corrected chi connectivity index (χ3v) is 4.40. The standard InChI is InChI=1S/C21H22N2O2/c1-13-8-9-17(19(24)10-13)18-11-14(2)16-7-5-6-15(21(16)22-18)12-20(25)23(3)4/h5-11,24H,12H2,1-4H3. The van der Waals surface area contributed by atoms with E-state index in [9.17, 15) is 9.90 Å². The molecule has 3 aromatic rings. The lowest BCUT2D eigenvalue weighted by molar-refractivity contribution is -0.127. The van der Waals surface area contributed by atoms with Crippen molar-refractivity contribution in [1.82, 2.24) is 9.88 Å². The fourth-order valence-corrected chi connectivity index (χ4v) is 2.94. The van der Waals surface area contributed by atoms with Crippen molar-refractivity contribution >= 4 is 16.8 Å². The highest BCUT2D eigenvalue weighted by molar-refractivity contribution is 5.91. The highest BCUT2D eigenvalue weighted by Gasteiger charge is 2.14. The molecule has 1 heterocycles. The zero-order valence-corrected chi connectivity index (χ0v) is 15.0. The van der Waals surface area contributed by atoms with Crippen LogP contribution in [-0.2, 0) is 11.2 Å². The van der Waals surface area contributed by atoms with Crippen molar-refractivity contribution in [3.63, 3.8) is 0 Å². The van der Waals surface area contributed by atoms with Gasteiger partial charge in [0.05, 0.1) is 17.6 Å². The molecule has 0 bridgehead atoms. The van der Waals surface area contributed by atoms with Crippen LogP contribution in [0.1, 0.15) is 16.7 Å². The number of nitrogens with zero attached hydrogens (tertiary/aromatic N) is 2. The number of carbonyl (C=O) groups is 1. The third kappa shape index (κ3) is 3.33. The van der Waals surface area contributed by atoms with Gasteiger partial charge in [0.2, 0.25) is 5.91 Å². The molecule has 0 saturated heterocycles. The van der Waals surface area contributed by atoms with Gasteiger partial charge in [-0.05, 0) is 48.7 Å². The lowest BCUT2D eigenvalue weighted by Crippen LogP contribution is -2.23. The van der Waals surface area contributed by atoms with Crippen LogP contribution >= 0.6 is 0 Å². The fraction of sp³-hybridized carbons (Fsp3) is 0.238. The summed E-state index contributed by atoms with van der Waals surface area (Å²) in [4.78, 5) is 18.5. The lowest BCUT2D eigenvalue weighted by Gasteiger charge is -2.14. The molecule has 25 heavy (non-hydrogen) atoms. The number of fused-ring (bicyclic) bond motifs is 1. The number of rotatable bonds is 3. The number of amides is 1. The fourth-order valence-electron chi connectivity index (χ4n) is 2.94. The minimum absolute atomic E-state index is 0.0375. The third-order valence-electron chi connectivity index (χ3n) is 4.40. The molecule has 4 heteroatoms. The van der Waals surface area contributed by atoms with E-state index in [0.717, 1.165) is 27.6 Å². The lowest BCUT2D eigenvalue weighted by atomic mass is 10.00. The van der Waals surface area contributed by atoms with Gasteiger partial charge in [0.1, 0.15) is 5.75 Å². The molecule has 0 aliphatic rings. The van der Waals surface area contributed by atoms with Crippen LogP contribution in [-0.4, -0.2) is 35.0 Å². The van der Waals surface area contributed by atoms with Gasteiger partial charge in [-0.25, -0.2) is 4.98 Å². The van der Waals surface area contributed by atoms with Crippen molar-refractivity contribution in [3.8, 4) is 17.0 Å². The average molecular weight is 334 g/mol. The first-order chi connectivity index (χ1) is 11.9. The van der Waals surface area contributed by atoms with E-state index in [4.69, 9.17) is 4.98 Å². The Morgan fingerprint density at radius 1 is 1.12 bits per heavy atom. The van der Waals surface area contributed by atoms with E-state index < -0.39 is 0 Å². The predicted molar refractivity (Wildman–Crippen MR) is 101 cm³/mol. The minimum atomic E-state index is 0.0375. The Labute approximate surface area is 147 Å². The second-order valence-corrected chi connectivity index (χ2v) is 6.62. The van der Waals surface area contributed by atoms with Gasteiger partial charge in [-0.1, -0.05) is 24.3 Å². The highest BCUT2D eigenvalue weighted by atomic mass is 16.3. The minimum Gasteiger partial charge on any atom is -0.507 e. The van der Waals surface area contributed by atoms with Gasteiger partial charge in [0, 0.05) is 25.0 Å². The first-order valence-electron chi connectivity index (χ1n) is 8.26. The molecule has 4 nitrogen and oxygen atoms in total. The number of aromatic hydroxyl groups is 1. The van der Waals surface area contributed by atoms with Gasteiger partial charge in [0.25, 0.3) is 0 Å². The van der Waals surface area contributed by atoms with Crippen LogP contribution in [0.3, 0.4) is 0 Å². The molecular formula is C21H22N2O2. The van der Waals surface area contributed by atoms with E-state index in [-0.39, 0.29) is 11.7 Å². The van der Waals surface area contributed by atoms with Gasteiger partial charge in [-0.3, -0.25) is 4.79 Å². The topological polar surface area (TPSA) is 53.4 Å². The second-order valence-electron chi connectivity index (χ2n) is 6.62. The number of phenolic OH excluding ortho intramolecular Hbond substituents is 1. The second kappa shape index (κ2) is 6.55. The van der Waals surface area contributed by atoms with Crippen LogP contribution in [0, 0.1) is 13.8 Å². The maximum atomic E-state index is 12.1. The molecule has 0 unspecified atom stereocenters. The molecule has 1 aromatic heterocycles. The summed E-state index contributed by atoms with van der Waals surface area (Å²) >= 11 is 0. The van der Waals surface area contributed by atoms with Crippen molar-refractivity contribution in [2.75, 3.05) is 14.1 Å². The first-order valence-corrected chi connectivity index (χ1v) is 8.26. The highest BCUT2D eigenvalue weighted by Crippen LogP contribution is 2.32. The molecular weight excluding hydrogens is 312 g/mol. The van der Waals surface area contributed by atoms with E-state index in [2.05, 4.69) is 0 Å². The smallest absolute Gasteiger partial charge is 0.226 e. The number of aryl methyl sites for hydroxylation is 2. The number of likely N-dealkylation sites (N-methyl/N-ethyl adjacent to an activating group) is 1. The van der Waals surface area contributed by atoms with Crippen molar-refractivity contribution in [1.29, 1.82) is 0 Å². The number of hydrogen-bond donors (Lipinski definition) is 1. The Hall–Kier alpha value is -2.88. The number of para-hydroxylation sites is 1. The van der Waals surface area contributed by atoms with E-state index in [1.54, 1.807) is 25.1 Å². The number of carbonyl (C=O) groups excluding carboxylic acids is 1. The first kappa shape index (κ1) is 17.0. The maximum Gasteiger partial charge on any atom is 0.226 e. The zero-order chi connectivity index (χ0) is 18.1. The molecule has 0 spiro atoms. The van der Waals surface area contributed by atoms with Crippen LogP contribution in [0.4, 0.5) is 0 Å². The van der Waals surface area contributed by atoms with Gasteiger partial charge in [-0.15, -0.1) is 0 Å². The Balaban J connectivity index is 2.18. The molecule has 0 fully saturated rings. The molecule has 128 valence electrons. The van der Waals surface area contributed by atoms with Crippen molar-refractivity contribution in [2.24, 2.45) is 0 Å². The molecule has 3 rings (SSSR count). The molecule has 0 radical (unpaired) electrons. The van der Waals surface area contributed by atoms with Crippen LogP contribution in [0.15, 0.2) is 42.5 Å². The molecule has 0 aliphatic heterocycles. The van der Waals surface area contributed by atoms with E-state index in [0.29, 0.717) is 17.7 Å². The summed E-state index contributed by atoms with van der Waals surface area (Å²) in [7, 11) is 3.50. The van der Waals surface area contributed by atoms with Gasteiger partial charge >= 0.3 is 0 Å². The monoisotopic (exact) mass is 334 g/mol. The van der Waals surface area contributed by atoms with E-state index in [1.165, 1.54) is 0 Å². The summed E-state index contributed by atoms with van der Waals surface area (Å²) in [6, 6.07) is 13.5. The molecule has 0 atom stereocenters. The summed E-state index contributed by atoms with van der Waals surface area (Å²) in [5, 5.41) is 11.3. The summed E-state index contributed by atoms with van der Waals surface area (Å²) < 4.78 is 0. The number of phenols is 1. The summed E-state index contributed by atoms with van der Waals surface area (Å²) in [6.07, 6.45) is 0.306. The summed E-state index contributed by atoms with van der Waals surface area (Å²) in [5.74, 6) is 0.253. The van der Waals surface area contributed by atoms with Crippen molar-refractivity contribution < 1.29 is 9.90 Å². The van der Waals surface area contributed by atoms with Crippen LogP contribution in [0.5, 0.6) is 5.75 Å². The van der Waals surface area contributed by atoms with Crippen molar-refractivity contribution in [2.45, 2.75) is 20.3 Å². The largest absolute Gasteiger partial charge is 0.507 e. The van der Waals surface area contributed by atoms with Crippen LogP contribution in [0.25, 0.3) is 22.2 Å². The van der Waals surface area contributed by atoms with Crippen LogP contribution < -0.4 is 0 Å². The zero-order valence-electron chi connectivity index (χ0n) is 15.0. The number of aromatic nitrogens is 1. The Kier molecular flexibility index (Phi) is 4.45. The molecule has 1 amide bonds. The number of pyridine rings is 1. The van der Waals surface area contributed by atoms with Crippen LogP contribution in [0.2, 0.25) is 0 Å². The van der Waals surface area contributed by atoms with E-state index >= 15 is 0 Å². The Morgan fingerprint density at radius 3 is 2.56 bits per heavy atom. The SMILES string of the molecule is Cc1ccc(-c2cc(C)c3cccc(CC(=O)N(C)C)c3n2)c(O)c1. The normalized spacial score (nSPS) is 10.9. The van der Waals surface area contributed by atoms with Crippen molar-refractivity contribution in [3.05, 3.63) is 59.2 Å². The molecule has 0 saturated carbocycles. The summed E-state index contributed by atoms with van der Waals surface area (Å²) in [6.45, 7) is 3.96. The number of benzene rings is 2. The molecule has 2 aromatic carbocycles. The predicted octanol–water partition coefficient (Wildman–Crippen LogP) is 3.85. The van der Waals surface area contributed by atoms with E-state index in [1.807, 2.05) is 50.2 Å². The average Bonchev–Trinajstić information content (AvgIpc) is 2.55.